The number of aromatic nitrogens is 3. The molecule has 0 spiro atoms. The third-order valence-corrected chi connectivity index (χ3v) is 6.22. The van der Waals surface area contributed by atoms with Gasteiger partial charge < -0.3 is 14.8 Å². The highest BCUT2D eigenvalue weighted by Gasteiger charge is 2.32. The van der Waals surface area contributed by atoms with Gasteiger partial charge in [0.1, 0.15) is 17.3 Å². The highest BCUT2D eigenvalue weighted by atomic mass is 19.1. The molecule has 0 unspecified atom stereocenters. The van der Waals surface area contributed by atoms with Crippen molar-refractivity contribution >= 4 is 16.8 Å². The van der Waals surface area contributed by atoms with Crippen LogP contribution in [0.2, 0.25) is 0 Å². The van der Waals surface area contributed by atoms with Gasteiger partial charge in [-0.05, 0) is 44.2 Å². The number of nitrogens with one attached hydrogen (secondary N) is 1. The predicted molar refractivity (Wildman–Crippen MR) is 108 cm³/mol. The number of nitrogens with zero attached hydrogens (tertiary/aromatic N) is 4. The number of carbonyl (C=O) groups excluding carboxylic acids is 1. The number of rotatable bonds is 2. The summed E-state index contributed by atoms with van der Waals surface area (Å²) in [6, 6.07) is 4.56. The van der Waals surface area contributed by atoms with Gasteiger partial charge in [0.25, 0.3) is 5.91 Å². The molecule has 7 heteroatoms. The molecule has 0 saturated carbocycles. The maximum atomic E-state index is 13.6. The van der Waals surface area contributed by atoms with Crippen LogP contribution in [0, 0.1) is 12.7 Å². The summed E-state index contributed by atoms with van der Waals surface area (Å²) >= 11 is 0. The number of H-pyrrole nitrogens is 1. The van der Waals surface area contributed by atoms with E-state index in [9.17, 15) is 9.18 Å². The Morgan fingerprint density at radius 2 is 2.17 bits per heavy atom. The first kappa shape index (κ1) is 18.2. The predicted octanol–water partition coefficient (Wildman–Crippen LogP) is 3.02. The summed E-state index contributed by atoms with van der Waals surface area (Å²) in [5, 5.41) is 0.757. The number of halogens is 1. The van der Waals surface area contributed by atoms with Crippen LogP contribution in [-0.4, -0.2) is 57.3 Å². The Balaban J connectivity index is 1.36. The van der Waals surface area contributed by atoms with E-state index in [0.29, 0.717) is 18.8 Å². The van der Waals surface area contributed by atoms with Gasteiger partial charge in [0, 0.05) is 66.9 Å². The summed E-state index contributed by atoms with van der Waals surface area (Å²) in [6.07, 6.45) is 3.76. The molecule has 1 atom stereocenters. The Bertz CT molecular complexity index is 1110. The van der Waals surface area contributed by atoms with Crippen molar-refractivity contribution < 1.29 is 9.18 Å². The summed E-state index contributed by atoms with van der Waals surface area (Å²) in [4.78, 5) is 29.9. The molecule has 5 rings (SSSR count). The highest BCUT2D eigenvalue weighted by Crippen LogP contribution is 2.29. The van der Waals surface area contributed by atoms with E-state index in [1.165, 1.54) is 17.7 Å². The molecule has 1 N–H and O–H groups in total. The molecule has 150 valence electrons. The number of aromatic amines is 1. The van der Waals surface area contributed by atoms with Crippen molar-refractivity contribution in [1.29, 1.82) is 0 Å². The number of likely N-dealkylation sites (tertiary alicyclic amines) is 1. The molecule has 1 saturated heterocycles. The lowest BCUT2D eigenvalue weighted by Crippen LogP contribution is -2.30. The van der Waals surface area contributed by atoms with Crippen molar-refractivity contribution in [2.45, 2.75) is 32.2 Å². The van der Waals surface area contributed by atoms with E-state index < -0.39 is 0 Å². The molecule has 3 aromatic rings. The van der Waals surface area contributed by atoms with Gasteiger partial charge in [0.05, 0.1) is 0 Å². The number of hydrogen-bond acceptors (Lipinski definition) is 4. The van der Waals surface area contributed by atoms with Gasteiger partial charge in [-0.15, -0.1) is 0 Å². The van der Waals surface area contributed by atoms with E-state index in [4.69, 9.17) is 4.98 Å². The first-order chi connectivity index (χ1) is 14.0. The molecule has 1 amide bonds. The third kappa shape index (κ3) is 3.19. The molecular formula is C22H24FN5O. The number of carbonyl (C=O) groups is 1. The molecule has 29 heavy (non-hydrogen) atoms. The van der Waals surface area contributed by atoms with Crippen LogP contribution in [0.3, 0.4) is 0 Å². The average molecular weight is 393 g/mol. The molecule has 4 heterocycles. The lowest BCUT2D eigenvalue weighted by molar-refractivity contribution is 0.0785. The molecule has 0 radical (unpaired) electrons. The van der Waals surface area contributed by atoms with Crippen molar-refractivity contribution in [3.63, 3.8) is 0 Å². The molecular weight excluding hydrogens is 369 g/mol. The number of likely N-dealkylation sites (N-methyl/N-ethyl adjacent to an activating group) is 1. The molecule has 1 fully saturated rings. The van der Waals surface area contributed by atoms with Gasteiger partial charge in [-0.1, -0.05) is 0 Å². The van der Waals surface area contributed by atoms with E-state index in [-0.39, 0.29) is 17.6 Å². The SMILES string of the molecule is Cc1c(C(=O)N2CC[C@H](c3ncc4c(n3)CCN(C)C4)C2)[nH]c2ccc(F)cc12. The van der Waals surface area contributed by atoms with Gasteiger partial charge >= 0.3 is 0 Å². The minimum absolute atomic E-state index is 0.0406. The third-order valence-electron chi connectivity index (χ3n) is 6.22. The fraction of sp³-hybridized carbons (Fsp3) is 0.409. The van der Waals surface area contributed by atoms with E-state index in [1.54, 1.807) is 6.07 Å². The Morgan fingerprint density at radius 1 is 1.31 bits per heavy atom. The first-order valence-corrected chi connectivity index (χ1v) is 10.1. The van der Waals surface area contributed by atoms with Gasteiger partial charge in [-0.3, -0.25) is 4.79 Å². The van der Waals surface area contributed by atoms with Crippen molar-refractivity contribution in [1.82, 2.24) is 24.8 Å². The molecule has 2 aromatic heterocycles. The minimum atomic E-state index is -0.296. The van der Waals surface area contributed by atoms with Gasteiger partial charge in [0.15, 0.2) is 0 Å². The molecule has 2 aliphatic heterocycles. The van der Waals surface area contributed by atoms with Crippen LogP contribution in [0.15, 0.2) is 24.4 Å². The number of benzene rings is 1. The molecule has 0 bridgehead atoms. The largest absolute Gasteiger partial charge is 0.350 e. The first-order valence-electron chi connectivity index (χ1n) is 10.1. The lowest BCUT2D eigenvalue weighted by Gasteiger charge is -2.24. The van der Waals surface area contributed by atoms with E-state index >= 15 is 0 Å². The molecule has 2 aliphatic rings. The maximum absolute atomic E-state index is 13.6. The fourth-order valence-corrected chi connectivity index (χ4v) is 4.50. The zero-order valence-electron chi connectivity index (χ0n) is 16.7. The summed E-state index contributed by atoms with van der Waals surface area (Å²) in [7, 11) is 2.11. The van der Waals surface area contributed by atoms with Crippen LogP contribution in [0.1, 0.15) is 45.5 Å². The Hall–Kier alpha value is -2.80. The quantitative estimate of drug-likeness (QED) is 0.727. The average Bonchev–Trinajstić information content (AvgIpc) is 3.33. The minimum Gasteiger partial charge on any atom is -0.350 e. The van der Waals surface area contributed by atoms with Crippen LogP contribution >= 0.6 is 0 Å². The number of amides is 1. The fourth-order valence-electron chi connectivity index (χ4n) is 4.50. The standard InChI is InChI=1S/C22H24FN5O/c1-13-17-9-16(23)3-4-19(17)25-20(13)22(29)28-8-5-14(12-28)21-24-10-15-11-27(2)7-6-18(15)26-21/h3-4,9-10,14,25H,5-8,11-12H2,1-2H3/t14-/m0/s1. The van der Waals surface area contributed by atoms with Gasteiger partial charge in [-0.25, -0.2) is 14.4 Å². The second kappa shape index (κ2) is 6.91. The van der Waals surface area contributed by atoms with Crippen molar-refractivity contribution in [3.05, 3.63) is 58.6 Å². The molecule has 0 aliphatic carbocycles. The topological polar surface area (TPSA) is 65.1 Å². The normalized spacial score (nSPS) is 19.7. The van der Waals surface area contributed by atoms with Crippen molar-refractivity contribution in [2.75, 3.05) is 26.7 Å². The van der Waals surface area contributed by atoms with Crippen LogP contribution in [0.25, 0.3) is 10.9 Å². The smallest absolute Gasteiger partial charge is 0.270 e. The van der Waals surface area contributed by atoms with Gasteiger partial charge in [0.2, 0.25) is 0 Å². The van der Waals surface area contributed by atoms with E-state index in [2.05, 4.69) is 21.9 Å². The zero-order chi connectivity index (χ0) is 20.1. The van der Waals surface area contributed by atoms with Crippen molar-refractivity contribution in [2.24, 2.45) is 0 Å². The molecule has 1 aromatic carbocycles. The zero-order valence-corrected chi connectivity index (χ0v) is 16.7. The Labute approximate surface area is 168 Å². The second-order valence-corrected chi connectivity index (χ2v) is 8.24. The van der Waals surface area contributed by atoms with Crippen LogP contribution in [0.4, 0.5) is 4.39 Å². The Morgan fingerprint density at radius 3 is 3.03 bits per heavy atom. The summed E-state index contributed by atoms with van der Waals surface area (Å²) < 4.78 is 13.6. The maximum Gasteiger partial charge on any atom is 0.270 e. The van der Waals surface area contributed by atoms with Crippen LogP contribution in [-0.2, 0) is 13.0 Å². The van der Waals surface area contributed by atoms with Crippen molar-refractivity contribution in [3.8, 4) is 0 Å². The van der Waals surface area contributed by atoms with Crippen LogP contribution in [0.5, 0.6) is 0 Å². The van der Waals surface area contributed by atoms with Crippen LogP contribution < -0.4 is 0 Å². The summed E-state index contributed by atoms with van der Waals surface area (Å²) in [5.41, 5.74) is 4.47. The lowest BCUT2D eigenvalue weighted by atomic mass is 10.1. The number of aryl methyl sites for hydroxylation is 1. The number of hydrogen-bond donors (Lipinski definition) is 1. The Kier molecular flexibility index (Phi) is 4.35. The monoisotopic (exact) mass is 393 g/mol. The van der Waals surface area contributed by atoms with E-state index in [0.717, 1.165) is 53.9 Å². The highest BCUT2D eigenvalue weighted by molar-refractivity contribution is 6.01. The van der Waals surface area contributed by atoms with E-state index in [1.807, 2.05) is 18.0 Å². The van der Waals surface area contributed by atoms with Gasteiger partial charge in [-0.2, -0.15) is 0 Å². The molecule has 6 nitrogen and oxygen atoms in total. The second-order valence-electron chi connectivity index (χ2n) is 8.24. The summed E-state index contributed by atoms with van der Waals surface area (Å²) in [5.74, 6) is 0.668. The summed E-state index contributed by atoms with van der Waals surface area (Å²) in [6.45, 7) is 5.06. The number of fused-ring (bicyclic) bond motifs is 2.